The van der Waals surface area contributed by atoms with Crippen molar-refractivity contribution in [3.05, 3.63) is 53.6 Å². The number of benzene rings is 2. The Labute approximate surface area is 144 Å². The van der Waals surface area contributed by atoms with Crippen molar-refractivity contribution in [2.24, 2.45) is 0 Å². The molecule has 25 heavy (non-hydrogen) atoms. The number of halogens is 2. The van der Waals surface area contributed by atoms with Gasteiger partial charge in [-0.25, -0.2) is 8.78 Å². The molecule has 1 unspecified atom stereocenters. The van der Waals surface area contributed by atoms with E-state index in [0.29, 0.717) is 17.1 Å². The molecule has 2 aromatic carbocycles. The van der Waals surface area contributed by atoms with Crippen molar-refractivity contribution in [2.75, 3.05) is 19.5 Å². The van der Waals surface area contributed by atoms with Crippen LogP contribution in [-0.4, -0.2) is 25.2 Å². The van der Waals surface area contributed by atoms with Gasteiger partial charge in [-0.05, 0) is 30.7 Å². The highest BCUT2D eigenvalue weighted by Crippen LogP contribution is 2.31. The largest absolute Gasteiger partial charge is 0.497 e. The van der Waals surface area contributed by atoms with E-state index in [9.17, 15) is 18.7 Å². The summed E-state index contributed by atoms with van der Waals surface area (Å²) in [6, 6.07) is 8.23. The second-order valence-corrected chi connectivity index (χ2v) is 5.31. The lowest BCUT2D eigenvalue weighted by molar-refractivity contribution is -0.116. The first-order valence-corrected chi connectivity index (χ1v) is 7.60. The van der Waals surface area contributed by atoms with Crippen LogP contribution in [0.5, 0.6) is 11.5 Å². The van der Waals surface area contributed by atoms with Crippen LogP contribution in [0.3, 0.4) is 0 Å². The molecular weight excluding hydrogens is 332 g/mol. The lowest BCUT2D eigenvalue weighted by Gasteiger charge is -2.16. The van der Waals surface area contributed by atoms with Crippen molar-refractivity contribution >= 4 is 11.6 Å². The Kier molecular flexibility index (Phi) is 6.30. The second-order valence-electron chi connectivity index (χ2n) is 5.31. The maximum Gasteiger partial charge on any atom is 0.224 e. The van der Waals surface area contributed by atoms with Crippen LogP contribution in [-0.2, 0) is 4.79 Å². The Morgan fingerprint density at radius 1 is 1.16 bits per heavy atom. The van der Waals surface area contributed by atoms with Gasteiger partial charge in [-0.1, -0.05) is 6.07 Å². The predicted molar refractivity (Wildman–Crippen MR) is 88.7 cm³/mol. The molecule has 0 fully saturated rings. The van der Waals surface area contributed by atoms with Crippen molar-refractivity contribution in [1.82, 2.24) is 0 Å². The number of rotatable bonds is 7. The van der Waals surface area contributed by atoms with Crippen molar-refractivity contribution in [3.8, 4) is 11.5 Å². The van der Waals surface area contributed by atoms with Gasteiger partial charge in [0.25, 0.3) is 0 Å². The fourth-order valence-corrected chi connectivity index (χ4v) is 2.34. The first-order valence-electron chi connectivity index (χ1n) is 7.60. The van der Waals surface area contributed by atoms with Crippen LogP contribution in [0.25, 0.3) is 0 Å². The summed E-state index contributed by atoms with van der Waals surface area (Å²) in [5.74, 6) is -1.32. The number of hydrogen-bond donors (Lipinski definition) is 2. The summed E-state index contributed by atoms with van der Waals surface area (Å²) in [5, 5.41) is 12.5. The highest BCUT2D eigenvalue weighted by Gasteiger charge is 2.17. The molecule has 2 N–H and O–H groups in total. The quantitative estimate of drug-likeness (QED) is 0.802. The van der Waals surface area contributed by atoms with Crippen LogP contribution in [0.1, 0.15) is 24.5 Å². The Bertz CT molecular complexity index is 732. The summed E-state index contributed by atoms with van der Waals surface area (Å²) < 4.78 is 37.3. The summed E-state index contributed by atoms with van der Waals surface area (Å²) in [6.07, 6.45) is -1.04. The molecule has 0 heterocycles. The normalized spacial score (nSPS) is 11.7. The first kappa shape index (κ1) is 18.7. The lowest BCUT2D eigenvalue weighted by Crippen LogP contribution is -2.15. The van der Waals surface area contributed by atoms with E-state index in [1.54, 1.807) is 18.2 Å². The van der Waals surface area contributed by atoms with E-state index in [1.165, 1.54) is 20.3 Å². The number of aliphatic hydroxyl groups is 1. The third-order valence-corrected chi connectivity index (χ3v) is 3.67. The van der Waals surface area contributed by atoms with Crippen LogP contribution in [0, 0.1) is 11.6 Å². The fourth-order valence-electron chi connectivity index (χ4n) is 2.34. The molecule has 0 aliphatic heterocycles. The molecule has 0 saturated heterocycles. The van der Waals surface area contributed by atoms with Gasteiger partial charge in [0.05, 0.1) is 20.3 Å². The molecule has 7 heteroatoms. The van der Waals surface area contributed by atoms with Crippen LogP contribution < -0.4 is 14.8 Å². The Morgan fingerprint density at radius 2 is 1.84 bits per heavy atom. The smallest absolute Gasteiger partial charge is 0.224 e. The first-order chi connectivity index (χ1) is 12.0. The number of para-hydroxylation sites is 1. The standard InChI is InChI=1S/C18H19F2NO4/c1-24-11-6-7-12(16(10-11)25-2)15(22)8-9-17(23)21-18-13(19)4-3-5-14(18)20/h3-7,10,15,22H,8-9H2,1-2H3,(H,21,23). The topological polar surface area (TPSA) is 67.8 Å². The van der Waals surface area contributed by atoms with Gasteiger partial charge in [0.15, 0.2) is 0 Å². The SMILES string of the molecule is COc1ccc(C(O)CCC(=O)Nc2c(F)cccc2F)c(OC)c1. The van der Waals surface area contributed by atoms with Gasteiger partial charge in [-0.2, -0.15) is 0 Å². The average molecular weight is 351 g/mol. The average Bonchev–Trinajstić information content (AvgIpc) is 2.62. The van der Waals surface area contributed by atoms with E-state index in [-0.39, 0.29) is 12.8 Å². The zero-order chi connectivity index (χ0) is 18.4. The molecule has 0 spiro atoms. The van der Waals surface area contributed by atoms with E-state index in [2.05, 4.69) is 5.32 Å². The summed E-state index contributed by atoms with van der Waals surface area (Å²) in [7, 11) is 2.97. The van der Waals surface area contributed by atoms with Gasteiger partial charge >= 0.3 is 0 Å². The number of aliphatic hydroxyl groups excluding tert-OH is 1. The van der Waals surface area contributed by atoms with Gasteiger partial charge in [0.2, 0.25) is 5.91 Å². The third kappa shape index (κ3) is 4.67. The van der Waals surface area contributed by atoms with Gasteiger partial charge in [-0.15, -0.1) is 0 Å². The Balaban J connectivity index is 2.00. The van der Waals surface area contributed by atoms with E-state index in [1.807, 2.05) is 0 Å². The number of methoxy groups -OCH3 is 2. The zero-order valence-corrected chi connectivity index (χ0v) is 13.9. The number of ether oxygens (including phenoxy) is 2. The van der Waals surface area contributed by atoms with Crippen LogP contribution in [0.15, 0.2) is 36.4 Å². The molecule has 5 nitrogen and oxygen atoms in total. The van der Waals surface area contributed by atoms with E-state index in [0.717, 1.165) is 12.1 Å². The summed E-state index contributed by atoms with van der Waals surface area (Å²) >= 11 is 0. The number of amides is 1. The summed E-state index contributed by atoms with van der Waals surface area (Å²) in [5.41, 5.74) is -0.00260. The molecule has 0 saturated carbocycles. The van der Waals surface area contributed by atoms with Gasteiger partial charge in [0, 0.05) is 18.1 Å². The summed E-state index contributed by atoms with van der Waals surface area (Å²) in [6.45, 7) is 0. The monoisotopic (exact) mass is 351 g/mol. The van der Waals surface area contributed by atoms with Gasteiger partial charge in [-0.3, -0.25) is 4.79 Å². The molecule has 0 aliphatic rings. The molecule has 2 aromatic rings. The number of hydrogen-bond acceptors (Lipinski definition) is 4. The van der Waals surface area contributed by atoms with E-state index < -0.39 is 29.3 Å². The molecule has 1 amide bonds. The van der Waals surface area contributed by atoms with E-state index in [4.69, 9.17) is 9.47 Å². The number of carbonyl (C=O) groups is 1. The molecule has 134 valence electrons. The van der Waals surface area contributed by atoms with Crippen molar-refractivity contribution in [2.45, 2.75) is 18.9 Å². The minimum Gasteiger partial charge on any atom is -0.497 e. The summed E-state index contributed by atoms with van der Waals surface area (Å²) in [4.78, 5) is 11.9. The maximum absolute atomic E-state index is 13.5. The molecule has 0 aromatic heterocycles. The molecule has 0 aliphatic carbocycles. The lowest BCUT2D eigenvalue weighted by atomic mass is 10.0. The van der Waals surface area contributed by atoms with Crippen molar-refractivity contribution < 1.29 is 28.2 Å². The minimum absolute atomic E-state index is 0.0601. The molecular formula is C18H19F2NO4. The highest BCUT2D eigenvalue weighted by molar-refractivity contribution is 5.90. The minimum atomic E-state index is -0.975. The maximum atomic E-state index is 13.5. The second kappa shape index (κ2) is 8.43. The highest BCUT2D eigenvalue weighted by atomic mass is 19.1. The fraction of sp³-hybridized carbons (Fsp3) is 0.278. The number of carbonyl (C=O) groups excluding carboxylic acids is 1. The number of nitrogens with one attached hydrogen (secondary N) is 1. The van der Waals surface area contributed by atoms with Crippen LogP contribution in [0.2, 0.25) is 0 Å². The van der Waals surface area contributed by atoms with Crippen LogP contribution >= 0.6 is 0 Å². The third-order valence-electron chi connectivity index (χ3n) is 3.67. The molecule has 0 bridgehead atoms. The van der Waals surface area contributed by atoms with Crippen LogP contribution in [0.4, 0.5) is 14.5 Å². The number of anilines is 1. The van der Waals surface area contributed by atoms with E-state index >= 15 is 0 Å². The predicted octanol–water partition coefficient (Wildman–Crippen LogP) is 3.43. The van der Waals surface area contributed by atoms with Crippen molar-refractivity contribution in [1.29, 1.82) is 0 Å². The Morgan fingerprint density at radius 3 is 2.44 bits per heavy atom. The van der Waals surface area contributed by atoms with Gasteiger partial charge < -0.3 is 19.9 Å². The molecule has 1 atom stereocenters. The van der Waals surface area contributed by atoms with Gasteiger partial charge in [0.1, 0.15) is 28.8 Å². The zero-order valence-electron chi connectivity index (χ0n) is 13.9. The molecule has 2 rings (SSSR count). The molecule has 0 radical (unpaired) electrons. The Hall–Kier alpha value is -2.67. The van der Waals surface area contributed by atoms with Crippen molar-refractivity contribution in [3.63, 3.8) is 0 Å².